The monoisotopic (exact) mass is 237 g/mol. The molecule has 1 rings (SSSR count). The molecule has 4 heteroatoms. The molecule has 0 unspecified atom stereocenters. The van der Waals surface area contributed by atoms with Crippen molar-refractivity contribution in [3.63, 3.8) is 0 Å². The molecule has 0 heterocycles. The lowest BCUT2D eigenvalue weighted by molar-refractivity contribution is 0.0636. The summed E-state index contributed by atoms with van der Waals surface area (Å²) in [6, 6.07) is 3.49. The quantitative estimate of drug-likeness (QED) is 0.787. The van der Waals surface area contributed by atoms with Gasteiger partial charge in [0.25, 0.3) is 0 Å². The molecule has 0 saturated heterocycles. The van der Waals surface area contributed by atoms with Crippen molar-refractivity contribution in [2.45, 2.75) is 40.2 Å². The minimum atomic E-state index is -0.537. The lowest BCUT2D eigenvalue weighted by Gasteiger charge is -2.20. The minimum absolute atomic E-state index is 0.193. The molecule has 0 bridgehead atoms. The number of phenolic OH excluding ortho intramolecular Hbond substituents is 1. The Morgan fingerprint density at radius 2 is 1.88 bits per heavy atom. The van der Waals surface area contributed by atoms with Gasteiger partial charge in [0.05, 0.1) is 5.69 Å². The third kappa shape index (κ3) is 3.66. The molecule has 0 aliphatic carbocycles. The molecule has 0 aliphatic rings. The van der Waals surface area contributed by atoms with Crippen LogP contribution in [0.5, 0.6) is 5.75 Å². The number of amides is 1. The van der Waals surface area contributed by atoms with Crippen LogP contribution in [0, 0.1) is 13.8 Å². The standard InChI is InChI=1S/C13H19NO3/c1-8-6-7-10(9(2)11(8)15)14-12(16)17-13(3,4)5/h6-7,15H,1-5H3,(H,14,16). The van der Waals surface area contributed by atoms with E-state index in [1.807, 2.05) is 0 Å². The molecule has 4 nitrogen and oxygen atoms in total. The van der Waals surface area contributed by atoms with E-state index in [1.54, 1.807) is 46.8 Å². The minimum Gasteiger partial charge on any atom is -0.507 e. The lowest BCUT2D eigenvalue weighted by Crippen LogP contribution is -2.27. The number of aryl methyl sites for hydroxylation is 1. The molecular formula is C13H19NO3. The fourth-order valence-electron chi connectivity index (χ4n) is 1.38. The highest BCUT2D eigenvalue weighted by molar-refractivity contribution is 5.86. The van der Waals surface area contributed by atoms with Crippen molar-refractivity contribution in [3.05, 3.63) is 23.3 Å². The SMILES string of the molecule is Cc1ccc(NC(=O)OC(C)(C)C)c(C)c1O. The van der Waals surface area contributed by atoms with E-state index in [0.29, 0.717) is 11.3 Å². The number of nitrogens with one attached hydrogen (secondary N) is 1. The number of ether oxygens (including phenoxy) is 1. The number of rotatable bonds is 1. The van der Waals surface area contributed by atoms with Crippen LogP contribution in [0.2, 0.25) is 0 Å². The van der Waals surface area contributed by atoms with Gasteiger partial charge in [-0.15, -0.1) is 0 Å². The van der Waals surface area contributed by atoms with E-state index in [-0.39, 0.29) is 5.75 Å². The molecule has 17 heavy (non-hydrogen) atoms. The predicted octanol–water partition coefficient (Wildman–Crippen LogP) is 3.36. The molecule has 1 amide bonds. The van der Waals surface area contributed by atoms with Crippen molar-refractivity contribution in [3.8, 4) is 5.75 Å². The molecule has 2 N–H and O–H groups in total. The van der Waals surface area contributed by atoms with E-state index in [2.05, 4.69) is 5.32 Å². The molecule has 1 aromatic rings. The van der Waals surface area contributed by atoms with Crippen LogP contribution in [0.4, 0.5) is 10.5 Å². The van der Waals surface area contributed by atoms with Gasteiger partial charge in [-0.2, -0.15) is 0 Å². The van der Waals surface area contributed by atoms with Crippen molar-refractivity contribution < 1.29 is 14.6 Å². The zero-order valence-corrected chi connectivity index (χ0v) is 10.9. The largest absolute Gasteiger partial charge is 0.507 e. The fourth-order valence-corrected chi connectivity index (χ4v) is 1.38. The second-order valence-electron chi connectivity index (χ2n) is 5.03. The van der Waals surface area contributed by atoms with Gasteiger partial charge in [0.15, 0.2) is 0 Å². The molecule has 0 fully saturated rings. The zero-order chi connectivity index (χ0) is 13.2. The topological polar surface area (TPSA) is 58.6 Å². The van der Waals surface area contributed by atoms with Crippen LogP contribution < -0.4 is 5.32 Å². The zero-order valence-electron chi connectivity index (χ0n) is 10.9. The molecule has 0 spiro atoms. The van der Waals surface area contributed by atoms with E-state index >= 15 is 0 Å². The summed E-state index contributed by atoms with van der Waals surface area (Å²) in [4.78, 5) is 11.6. The highest BCUT2D eigenvalue weighted by Gasteiger charge is 2.17. The van der Waals surface area contributed by atoms with Crippen molar-refractivity contribution in [1.29, 1.82) is 0 Å². The molecule has 0 atom stereocenters. The fraction of sp³-hybridized carbons (Fsp3) is 0.462. The summed E-state index contributed by atoms with van der Waals surface area (Å²) in [6.07, 6.45) is -0.524. The number of carbonyl (C=O) groups excluding carboxylic acids is 1. The first-order valence-corrected chi connectivity index (χ1v) is 5.50. The Morgan fingerprint density at radius 3 is 2.41 bits per heavy atom. The smallest absolute Gasteiger partial charge is 0.412 e. The van der Waals surface area contributed by atoms with E-state index < -0.39 is 11.7 Å². The van der Waals surface area contributed by atoms with Gasteiger partial charge in [-0.1, -0.05) is 6.07 Å². The summed E-state index contributed by atoms with van der Waals surface area (Å²) < 4.78 is 5.14. The maximum atomic E-state index is 11.6. The lowest BCUT2D eigenvalue weighted by atomic mass is 10.1. The van der Waals surface area contributed by atoms with Crippen LogP contribution in [0.1, 0.15) is 31.9 Å². The van der Waals surface area contributed by atoms with E-state index in [0.717, 1.165) is 5.56 Å². The molecule has 1 aromatic carbocycles. The first-order valence-electron chi connectivity index (χ1n) is 5.50. The summed E-state index contributed by atoms with van der Waals surface area (Å²) in [6.45, 7) is 8.94. The van der Waals surface area contributed by atoms with Crippen LogP contribution in [-0.2, 0) is 4.74 Å². The van der Waals surface area contributed by atoms with E-state index in [1.165, 1.54) is 0 Å². The molecule has 0 radical (unpaired) electrons. The number of benzene rings is 1. The predicted molar refractivity (Wildman–Crippen MR) is 67.4 cm³/mol. The van der Waals surface area contributed by atoms with Gasteiger partial charge in [-0.05, 0) is 46.2 Å². The van der Waals surface area contributed by atoms with Gasteiger partial charge in [0.1, 0.15) is 11.4 Å². The summed E-state index contributed by atoms with van der Waals surface area (Å²) in [7, 11) is 0. The molecular weight excluding hydrogens is 218 g/mol. The number of phenols is 1. The third-order valence-electron chi connectivity index (χ3n) is 2.27. The summed E-state index contributed by atoms with van der Waals surface area (Å²) in [5, 5.41) is 12.4. The van der Waals surface area contributed by atoms with Crippen molar-refractivity contribution in [1.82, 2.24) is 0 Å². The van der Waals surface area contributed by atoms with Crippen molar-refractivity contribution >= 4 is 11.8 Å². The highest BCUT2D eigenvalue weighted by Crippen LogP contribution is 2.28. The number of hydrogen-bond donors (Lipinski definition) is 2. The number of hydrogen-bond acceptors (Lipinski definition) is 3. The van der Waals surface area contributed by atoms with Crippen LogP contribution in [-0.4, -0.2) is 16.8 Å². The molecule has 94 valence electrons. The van der Waals surface area contributed by atoms with E-state index in [9.17, 15) is 9.90 Å². The molecule has 0 saturated carbocycles. The Hall–Kier alpha value is -1.71. The average molecular weight is 237 g/mol. The van der Waals surface area contributed by atoms with Gasteiger partial charge in [-0.3, -0.25) is 5.32 Å². The Labute approximate surface area is 102 Å². The average Bonchev–Trinajstić information content (AvgIpc) is 2.16. The first-order chi connectivity index (χ1) is 7.70. The van der Waals surface area contributed by atoms with Gasteiger partial charge < -0.3 is 9.84 Å². The van der Waals surface area contributed by atoms with Crippen LogP contribution >= 0.6 is 0 Å². The highest BCUT2D eigenvalue weighted by atomic mass is 16.6. The van der Waals surface area contributed by atoms with Gasteiger partial charge in [-0.25, -0.2) is 4.79 Å². The van der Waals surface area contributed by atoms with Gasteiger partial charge in [0.2, 0.25) is 0 Å². The maximum absolute atomic E-state index is 11.6. The van der Waals surface area contributed by atoms with Gasteiger partial charge >= 0.3 is 6.09 Å². The Morgan fingerprint density at radius 1 is 1.29 bits per heavy atom. The van der Waals surface area contributed by atoms with Crippen molar-refractivity contribution in [2.75, 3.05) is 5.32 Å². The molecule has 0 aliphatic heterocycles. The number of aromatic hydroxyl groups is 1. The first kappa shape index (κ1) is 13.4. The molecule has 0 aromatic heterocycles. The maximum Gasteiger partial charge on any atom is 0.412 e. The normalized spacial score (nSPS) is 11.1. The summed E-state index contributed by atoms with van der Waals surface area (Å²) in [5.74, 6) is 0.193. The Balaban J connectivity index is 2.83. The summed E-state index contributed by atoms with van der Waals surface area (Å²) in [5.41, 5.74) is 1.43. The Kier molecular flexibility index (Phi) is 3.66. The number of carbonyl (C=O) groups is 1. The number of anilines is 1. The van der Waals surface area contributed by atoms with Crippen LogP contribution in [0.3, 0.4) is 0 Å². The van der Waals surface area contributed by atoms with Crippen molar-refractivity contribution in [2.24, 2.45) is 0 Å². The second kappa shape index (κ2) is 4.65. The van der Waals surface area contributed by atoms with Gasteiger partial charge in [0, 0.05) is 5.56 Å². The van der Waals surface area contributed by atoms with Crippen LogP contribution in [0.15, 0.2) is 12.1 Å². The summed E-state index contributed by atoms with van der Waals surface area (Å²) >= 11 is 0. The third-order valence-corrected chi connectivity index (χ3v) is 2.27. The van der Waals surface area contributed by atoms with E-state index in [4.69, 9.17) is 4.74 Å². The van der Waals surface area contributed by atoms with Crippen LogP contribution in [0.25, 0.3) is 0 Å². The second-order valence-corrected chi connectivity index (χ2v) is 5.03. The Bertz CT molecular complexity index is 433.